The molecule has 0 amide bonds. The van der Waals surface area contributed by atoms with Crippen LogP contribution in [0.5, 0.6) is 0 Å². The van der Waals surface area contributed by atoms with Crippen molar-refractivity contribution in [2.75, 3.05) is 13.7 Å². The Balaban J connectivity index is 2.83. The van der Waals surface area contributed by atoms with Gasteiger partial charge in [-0.3, -0.25) is 0 Å². The molecule has 0 atom stereocenters. The third kappa shape index (κ3) is 5.47. The summed E-state index contributed by atoms with van der Waals surface area (Å²) in [5, 5.41) is 0.0927. The lowest BCUT2D eigenvalue weighted by molar-refractivity contribution is -0.00563. The number of methoxy groups -OCH3 is 1. The van der Waals surface area contributed by atoms with Crippen molar-refractivity contribution in [1.29, 1.82) is 0 Å². The summed E-state index contributed by atoms with van der Waals surface area (Å²) >= 11 is 5.87. The van der Waals surface area contributed by atoms with Crippen LogP contribution in [-0.4, -0.2) is 33.7 Å². The molecule has 0 radical (unpaired) electrons. The second-order valence-corrected chi connectivity index (χ2v) is 7.90. The molecular weight excluding hydrogens is 339 g/mol. The molecule has 0 unspecified atom stereocenters. The van der Waals surface area contributed by atoms with Gasteiger partial charge in [0.05, 0.1) is 27.7 Å². The Morgan fingerprint density at radius 3 is 2.48 bits per heavy atom. The van der Waals surface area contributed by atoms with Crippen LogP contribution in [0.4, 0.5) is 0 Å². The molecule has 118 valence electrons. The van der Waals surface area contributed by atoms with E-state index in [4.69, 9.17) is 31.8 Å². The molecular formula is C13H16Cl2O5S. The van der Waals surface area contributed by atoms with Gasteiger partial charge >= 0.3 is 5.97 Å². The van der Waals surface area contributed by atoms with E-state index in [1.807, 2.05) is 13.8 Å². The van der Waals surface area contributed by atoms with E-state index < -0.39 is 20.6 Å². The largest absolute Gasteiger partial charge is 0.462 e. The molecule has 21 heavy (non-hydrogen) atoms. The zero-order chi connectivity index (χ0) is 16.3. The smallest absolute Gasteiger partial charge is 0.339 e. The van der Waals surface area contributed by atoms with Crippen molar-refractivity contribution in [3.8, 4) is 0 Å². The molecule has 0 aromatic heterocycles. The highest BCUT2D eigenvalue weighted by Gasteiger charge is 2.20. The van der Waals surface area contributed by atoms with Gasteiger partial charge in [-0.2, -0.15) is 0 Å². The number of esters is 1. The van der Waals surface area contributed by atoms with Gasteiger partial charge in [0.15, 0.2) is 0 Å². The maximum Gasteiger partial charge on any atom is 0.339 e. The summed E-state index contributed by atoms with van der Waals surface area (Å²) in [5.74, 6) is -0.714. The number of carbonyl (C=O) groups is 1. The molecule has 0 aliphatic heterocycles. The Kier molecular flexibility index (Phi) is 6.04. The lowest BCUT2D eigenvalue weighted by Crippen LogP contribution is -2.25. The lowest BCUT2D eigenvalue weighted by atomic mass is 10.1. The van der Waals surface area contributed by atoms with Crippen LogP contribution in [0.2, 0.25) is 5.02 Å². The predicted octanol–water partition coefficient (Wildman–Crippen LogP) is 3.24. The van der Waals surface area contributed by atoms with Crippen LogP contribution >= 0.6 is 22.3 Å². The third-order valence-electron chi connectivity index (χ3n) is 2.93. The van der Waals surface area contributed by atoms with Crippen LogP contribution in [0.15, 0.2) is 23.1 Å². The Hall–Kier alpha value is -0.820. The first-order chi connectivity index (χ1) is 9.57. The van der Waals surface area contributed by atoms with Crippen molar-refractivity contribution in [2.45, 2.75) is 30.8 Å². The first-order valence-electron chi connectivity index (χ1n) is 6.03. The van der Waals surface area contributed by atoms with Gasteiger partial charge in [-0.25, -0.2) is 13.2 Å². The zero-order valence-corrected chi connectivity index (χ0v) is 14.2. The van der Waals surface area contributed by atoms with E-state index in [-0.39, 0.29) is 22.1 Å². The topological polar surface area (TPSA) is 69.7 Å². The van der Waals surface area contributed by atoms with Gasteiger partial charge in [-0.05, 0) is 32.0 Å². The monoisotopic (exact) mass is 354 g/mol. The predicted molar refractivity (Wildman–Crippen MR) is 80.5 cm³/mol. The second-order valence-electron chi connectivity index (χ2n) is 4.93. The fourth-order valence-electron chi connectivity index (χ4n) is 1.38. The summed E-state index contributed by atoms with van der Waals surface area (Å²) in [6, 6.07) is 3.59. The number of hydrogen-bond acceptors (Lipinski definition) is 5. The fourth-order valence-corrected chi connectivity index (χ4v) is 2.35. The minimum absolute atomic E-state index is 0.0476. The highest BCUT2D eigenvalue weighted by Crippen LogP contribution is 2.24. The molecule has 0 bridgehead atoms. The number of carbonyl (C=O) groups excluding carboxylic acids is 1. The number of halogens is 2. The first-order valence-corrected chi connectivity index (χ1v) is 8.72. The van der Waals surface area contributed by atoms with Gasteiger partial charge in [-0.15, -0.1) is 0 Å². The molecule has 1 aromatic carbocycles. The van der Waals surface area contributed by atoms with E-state index in [0.29, 0.717) is 6.42 Å². The standard InChI is InChI=1S/C13H16Cl2O5S/c1-13(2,19-3)6-7-20-12(16)10-8-9(21(15,17)18)4-5-11(10)14/h4-5,8H,6-7H2,1-3H3. The first kappa shape index (κ1) is 18.2. The van der Waals surface area contributed by atoms with Gasteiger partial charge in [0.25, 0.3) is 9.05 Å². The van der Waals surface area contributed by atoms with Gasteiger partial charge in [-0.1, -0.05) is 11.6 Å². The van der Waals surface area contributed by atoms with Crippen LogP contribution in [0.1, 0.15) is 30.6 Å². The van der Waals surface area contributed by atoms with Crippen LogP contribution in [0.3, 0.4) is 0 Å². The molecule has 1 rings (SSSR count). The molecule has 5 nitrogen and oxygen atoms in total. The molecule has 0 aliphatic rings. The van der Waals surface area contributed by atoms with Crippen molar-refractivity contribution >= 4 is 37.3 Å². The summed E-state index contributed by atoms with van der Waals surface area (Å²) in [6.45, 7) is 3.83. The lowest BCUT2D eigenvalue weighted by Gasteiger charge is -2.22. The van der Waals surface area contributed by atoms with Crippen molar-refractivity contribution in [3.63, 3.8) is 0 Å². The normalized spacial score (nSPS) is 12.2. The summed E-state index contributed by atoms with van der Waals surface area (Å²) < 4.78 is 32.8. The molecule has 1 aromatic rings. The number of benzene rings is 1. The van der Waals surface area contributed by atoms with Crippen LogP contribution in [-0.2, 0) is 18.5 Å². The molecule has 0 saturated carbocycles. The maximum absolute atomic E-state index is 11.9. The van der Waals surface area contributed by atoms with E-state index in [1.54, 1.807) is 7.11 Å². The van der Waals surface area contributed by atoms with Crippen LogP contribution in [0, 0.1) is 0 Å². The molecule has 0 heterocycles. The third-order valence-corrected chi connectivity index (χ3v) is 4.61. The summed E-state index contributed by atoms with van der Waals surface area (Å²) in [5.41, 5.74) is -0.473. The number of hydrogen-bond donors (Lipinski definition) is 0. The van der Waals surface area contributed by atoms with Crippen molar-refractivity contribution in [1.82, 2.24) is 0 Å². The Morgan fingerprint density at radius 1 is 1.33 bits per heavy atom. The fraction of sp³-hybridized carbons (Fsp3) is 0.462. The van der Waals surface area contributed by atoms with E-state index in [2.05, 4.69) is 0 Å². The molecule has 0 aliphatic carbocycles. The van der Waals surface area contributed by atoms with Gasteiger partial charge in [0.2, 0.25) is 0 Å². The summed E-state index contributed by atoms with van der Waals surface area (Å²) in [7, 11) is 2.86. The summed E-state index contributed by atoms with van der Waals surface area (Å²) in [4.78, 5) is 11.7. The molecule has 8 heteroatoms. The van der Waals surface area contributed by atoms with E-state index in [1.165, 1.54) is 12.1 Å². The Bertz CT molecular complexity index is 625. The second kappa shape index (κ2) is 6.96. The highest BCUT2D eigenvalue weighted by molar-refractivity contribution is 8.13. The minimum atomic E-state index is -3.94. The van der Waals surface area contributed by atoms with Gasteiger partial charge in [0.1, 0.15) is 0 Å². The Labute approximate surface area is 133 Å². The molecule has 0 fully saturated rings. The zero-order valence-electron chi connectivity index (χ0n) is 11.9. The quantitative estimate of drug-likeness (QED) is 0.579. The van der Waals surface area contributed by atoms with Crippen LogP contribution < -0.4 is 0 Å². The molecule has 0 saturated heterocycles. The Morgan fingerprint density at radius 2 is 1.95 bits per heavy atom. The molecule has 0 N–H and O–H groups in total. The molecule has 0 spiro atoms. The van der Waals surface area contributed by atoms with Crippen LogP contribution in [0.25, 0.3) is 0 Å². The van der Waals surface area contributed by atoms with Gasteiger partial charge in [0, 0.05) is 24.2 Å². The average Bonchev–Trinajstić information content (AvgIpc) is 2.37. The van der Waals surface area contributed by atoms with E-state index >= 15 is 0 Å². The minimum Gasteiger partial charge on any atom is -0.462 e. The highest BCUT2D eigenvalue weighted by atomic mass is 35.7. The van der Waals surface area contributed by atoms with E-state index in [9.17, 15) is 13.2 Å². The average molecular weight is 355 g/mol. The van der Waals surface area contributed by atoms with Gasteiger partial charge < -0.3 is 9.47 Å². The van der Waals surface area contributed by atoms with Crippen molar-refractivity contribution in [2.24, 2.45) is 0 Å². The SMILES string of the molecule is COC(C)(C)CCOC(=O)c1cc(S(=O)(=O)Cl)ccc1Cl. The van der Waals surface area contributed by atoms with E-state index in [0.717, 1.165) is 6.07 Å². The summed E-state index contributed by atoms with van der Waals surface area (Å²) in [6.07, 6.45) is 0.486. The number of ether oxygens (including phenoxy) is 2. The van der Waals surface area contributed by atoms with Crippen molar-refractivity contribution in [3.05, 3.63) is 28.8 Å². The number of rotatable bonds is 6. The maximum atomic E-state index is 11.9. The van der Waals surface area contributed by atoms with Crippen molar-refractivity contribution < 1.29 is 22.7 Å².